The predicted octanol–water partition coefficient (Wildman–Crippen LogP) is 1.66. The van der Waals surface area contributed by atoms with E-state index in [0.29, 0.717) is 0 Å². The minimum atomic E-state index is -0.990. The summed E-state index contributed by atoms with van der Waals surface area (Å²) in [6.45, 7) is 0. The second-order valence-electron chi connectivity index (χ2n) is 2.47. The minimum absolute atomic E-state index is 0.990. The van der Waals surface area contributed by atoms with Gasteiger partial charge in [-0.3, -0.25) is 0 Å². The summed E-state index contributed by atoms with van der Waals surface area (Å²) >= 11 is -0.990. The molecule has 0 bridgehead atoms. The molecule has 60 valence electrons. The summed E-state index contributed by atoms with van der Waals surface area (Å²) in [5, 5.41) is 0. The Hall–Kier alpha value is -0.190. The van der Waals surface area contributed by atoms with Gasteiger partial charge in [-0.1, -0.05) is 0 Å². The Morgan fingerprint density at radius 2 is 1.82 bits per heavy atom. The number of ether oxygens (including phenoxy) is 1. The molecule has 0 aliphatic carbocycles. The molecule has 0 N–H and O–H groups in total. The molecule has 1 aromatic rings. The summed E-state index contributed by atoms with van der Waals surface area (Å²) < 4.78 is 6.69. The normalized spacial score (nSPS) is 10.2. The van der Waals surface area contributed by atoms with Crippen molar-refractivity contribution in [2.75, 3.05) is 7.11 Å². The van der Waals surface area contributed by atoms with Crippen molar-refractivity contribution >= 4 is 23.2 Å². The molecule has 2 heteroatoms. The number of methoxy groups -OCH3 is 1. The Bertz CT molecular complexity index is 233. The quantitative estimate of drug-likeness (QED) is 0.739. The van der Waals surface area contributed by atoms with Crippen molar-refractivity contribution in [3.8, 4) is 5.75 Å². The zero-order chi connectivity index (χ0) is 8.27. The van der Waals surface area contributed by atoms with Crippen molar-refractivity contribution in [1.82, 2.24) is 0 Å². The van der Waals surface area contributed by atoms with E-state index in [1.54, 1.807) is 7.11 Å². The zero-order valence-electron chi connectivity index (χ0n) is 7.13. The molecule has 0 amide bonds. The van der Waals surface area contributed by atoms with Gasteiger partial charge in [0.2, 0.25) is 0 Å². The number of hydrogen-bond donors (Lipinski definition) is 0. The molecule has 1 nitrogen and oxygen atoms in total. The van der Waals surface area contributed by atoms with E-state index >= 15 is 0 Å². The van der Waals surface area contributed by atoms with E-state index in [1.165, 1.54) is 3.61 Å². The molecule has 0 unspecified atom stereocenters. The van der Waals surface area contributed by atoms with Crippen LogP contribution >= 0.6 is 0 Å². The van der Waals surface area contributed by atoms with Gasteiger partial charge in [-0.25, -0.2) is 0 Å². The van der Waals surface area contributed by atoms with Crippen molar-refractivity contribution in [1.29, 1.82) is 0 Å². The zero-order valence-corrected chi connectivity index (χ0v) is 9.46. The predicted molar refractivity (Wildman–Crippen MR) is 50.1 cm³/mol. The van der Waals surface area contributed by atoms with Crippen LogP contribution < -0.4 is 8.35 Å². The third-order valence-electron chi connectivity index (χ3n) is 1.51. The van der Waals surface area contributed by atoms with Crippen molar-refractivity contribution in [2.45, 2.75) is 9.94 Å². The van der Waals surface area contributed by atoms with Gasteiger partial charge in [-0.15, -0.1) is 0 Å². The molecule has 0 saturated heterocycles. The summed E-state index contributed by atoms with van der Waals surface area (Å²) in [7, 11) is 1.74. The number of hydrogen-bond acceptors (Lipinski definition) is 1. The molecule has 1 aromatic carbocycles. The first-order valence-electron chi connectivity index (χ1n) is 3.46. The Balaban J connectivity index is 3.02. The van der Waals surface area contributed by atoms with Gasteiger partial charge in [0, 0.05) is 0 Å². The Morgan fingerprint density at radius 3 is 2.27 bits per heavy atom. The Kier molecular flexibility index (Phi) is 3.23. The van der Waals surface area contributed by atoms with E-state index in [2.05, 4.69) is 22.1 Å². The molecular weight excluding hydrogens is 252 g/mol. The van der Waals surface area contributed by atoms with Crippen LogP contribution in [0.2, 0.25) is 9.94 Å². The van der Waals surface area contributed by atoms with Crippen LogP contribution in [0.5, 0.6) is 5.75 Å². The molecule has 11 heavy (non-hydrogen) atoms. The van der Waals surface area contributed by atoms with Crippen LogP contribution in [0.4, 0.5) is 0 Å². The second-order valence-corrected chi connectivity index (χ2v) is 8.38. The van der Waals surface area contributed by atoms with Gasteiger partial charge in [0.15, 0.2) is 0 Å². The first-order chi connectivity index (χ1) is 5.25. The van der Waals surface area contributed by atoms with Crippen LogP contribution in [-0.2, 0) is 0 Å². The topological polar surface area (TPSA) is 9.23 Å². The Labute approximate surface area is 75.0 Å². The average Bonchev–Trinajstić information content (AvgIpc) is 2.04. The van der Waals surface area contributed by atoms with Gasteiger partial charge in [0.25, 0.3) is 0 Å². The van der Waals surface area contributed by atoms with E-state index in [9.17, 15) is 0 Å². The van der Waals surface area contributed by atoms with Crippen LogP contribution in [0.25, 0.3) is 0 Å². The molecule has 0 spiro atoms. The molecule has 0 atom stereocenters. The van der Waals surface area contributed by atoms with Crippen LogP contribution in [0.15, 0.2) is 24.3 Å². The van der Waals surface area contributed by atoms with E-state index < -0.39 is 19.6 Å². The van der Waals surface area contributed by atoms with Gasteiger partial charge >= 0.3 is 75.0 Å². The molecule has 1 rings (SSSR count). The standard InChI is InChI=1S/C9H13OTe/c1-10-8-6-4-5-7-9(8)11(2)3/h4-7H,1-3H3/q+1. The van der Waals surface area contributed by atoms with Crippen molar-refractivity contribution in [2.24, 2.45) is 0 Å². The van der Waals surface area contributed by atoms with Crippen molar-refractivity contribution in [3.63, 3.8) is 0 Å². The van der Waals surface area contributed by atoms with Crippen molar-refractivity contribution in [3.05, 3.63) is 24.3 Å². The molecule has 0 radical (unpaired) electrons. The third-order valence-corrected chi connectivity index (χ3v) is 4.98. The van der Waals surface area contributed by atoms with E-state index in [-0.39, 0.29) is 0 Å². The van der Waals surface area contributed by atoms with Gasteiger partial charge < -0.3 is 0 Å². The van der Waals surface area contributed by atoms with Gasteiger partial charge in [0.05, 0.1) is 0 Å². The summed E-state index contributed by atoms with van der Waals surface area (Å²) in [6.07, 6.45) is 0. The molecule has 0 aromatic heterocycles. The van der Waals surface area contributed by atoms with Crippen LogP contribution in [0.3, 0.4) is 0 Å². The van der Waals surface area contributed by atoms with Gasteiger partial charge in [-0.05, 0) is 0 Å². The summed E-state index contributed by atoms with van der Waals surface area (Å²) in [5.41, 5.74) is 0. The average molecular weight is 265 g/mol. The van der Waals surface area contributed by atoms with Crippen LogP contribution in [-0.4, -0.2) is 26.7 Å². The summed E-state index contributed by atoms with van der Waals surface area (Å²) in [5.74, 6) is 1.06. The summed E-state index contributed by atoms with van der Waals surface area (Å²) in [6, 6.07) is 8.31. The maximum atomic E-state index is 5.25. The maximum absolute atomic E-state index is 5.25. The molecule has 0 aliphatic rings. The SMILES string of the molecule is COc1ccccc1[Te+](C)C. The number of benzene rings is 1. The fourth-order valence-electron chi connectivity index (χ4n) is 0.956. The third kappa shape index (κ3) is 2.12. The van der Waals surface area contributed by atoms with Gasteiger partial charge in [0.1, 0.15) is 0 Å². The first kappa shape index (κ1) is 8.90. The van der Waals surface area contributed by atoms with Crippen LogP contribution in [0, 0.1) is 0 Å². The Morgan fingerprint density at radius 1 is 1.18 bits per heavy atom. The fourth-order valence-corrected chi connectivity index (χ4v) is 3.54. The summed E-state index contributed by atoms with van der Waals surface area (Å²) in [4.78, 5) is 4.67. The van der Waals surface area contributed by atoms with Gasteiger partial charge in [-0.2, -0.15) is 0 Å². The van der Waals surface area contributed by atoms with E-state index in [0.717, 1.165) is 5.75 Å². The first-order valence-corrected chi connectivity index (χ1v) is 9.29. The monoisotopic (exact) mass is 267 g/mol. The molecule has 0 aliphatic heterocycles. The second kappa shape index (κ2) is 3.99. The number of rotatable bonds is 2. The fraction of sp³-hybridized carbons (Fsp3) is 0.333. The molecule has 0 saturated carbocycles. The molecule has 0 fully saturated rings. The van der Waals surface area contributed by atoms with Crippen LogP contribution in [0.1, 0.15) is 0 Å². The van der Waals surface area contributed by atoms with E-state index in [4.69, 9.17) is 4.74 Å². The van der Waals surface area contributed by atoms with E-state index in [1.807, 2.05) is 12.1 Å². The van der Waals surface area contributed by atoms with Crippen molar-refractivity contribution < 1.29 is 4.74 Å². The number of para-hydroxylation sites is 1. The molecular formula is C9H13OTe+. The molecule has 0 heterocycles.